The first kappa shape index (κ1) is 9.39. The van der Waals surface area contributed by atoms with Crippen LogP contribution in [0.1, 0.15) is 10.4 Å². The number of H-pyrrole nitrogens is 1. The lowest BCUT2D eigenvalue weighted by molar-refractivity contribution is 0.0400. The minimum absolute atomic E-state index is 0.0922. The maximum atomic E-state index is 12.6. The minimum Gasteiger partial charge on any atom is -0.361 e. The molecule has 0 unspecified atom stereocenters. The summed E-state index contributed by atoms with van der Waals surface area (Å²) < 4.78 is 12.6. The summed E-state index contributed by atoms with van der Waals surface area (Å²) in [6.45, 7) is 0.448. The van der Waals surface area contributed by atoms with Crippen molar-refractivity contribution in [3.63, 3.8) is 0 Å². The fourth-order valence-corrected chi connectivity index (χ4v) is 1.95. The van der Waals surface area contributed by atoms with Crippen molar-refractivity contribution in [3.8, 4) is 0 Å². The van der Waals surface area contributed by atoms with Crippen LogP contribution in [0.3, 0.4) is 0 Å². The van der Waals surface area contributed by atoms with Crippen LogP contribution in [0.5, 0.6) is 0 Å². The van der Waals surface area contributed by atoms with Crippen molar-refractivity contribution in [2.45, 2.75) is 6.17 Å². The number of carbonyl (C=O) groups is 1. The lowest BCUT2D eigenvalue weighted by Gasteiger charge is -2.34. The summed E-state index contributed by atoms with van der Waals surface area (Å²) in [6, 6.07) is 7.43. The Morgan fingerprint density at radius 2 is 2.19 bits per heavy atom. The summed E-state index contributed by atoms with van der Waals surface area (Å²) in [5.41, 5.74) is 1.55. The number of nitrogens with one attached hydrogen (secondary N) is 1. The molecule has 1 saturated heterocycles. The van der Waals surface area contributed by atoms with Gasteiger partial charge in [-0.15, -0.1) is 0 Å². The van der Waals surface area contributed by atoms with Crippen molar-refractivity contribution in [2.24, 2.45) is 0 Å². The molecule has 1 aliphatic heterocycles. The topological polar surface area (TPSA) is 36.1 Å². The van der Waals surface area contributed by atoms with Crippen LogP contribution in [0.2, 0.25) is 0 Å². The Morgan fingerprint density at radius 3 is 2.94 bits per heavy atom. The molecule has 3 nitrogen and oxygen atoms in total. The van der Waals surface area contributed by atoms with E-state index in [2.05, 4.69) is 4.98 Å². The molecule has 1 aromatic carbocycles. The highest BCUT2D eigenvalue weighted by Crippen LogP contribution is 2.19. The number of likely N-dealkylation sites (tertiary alicyclic amines) is 1. The maximum absolute atomic E-state index is 12.6. The van der Waals surface area contributed by atoms with Crippen LogP contribution in [-0.2, 0) is 0 Å². The predicted octanol–water partition coefficient (Wildman–Crippen LogP) is 1.96. The van der Waals surface area contributed by atoms with E-state index in [0.717, 1.165) is 10.9 Å². The molecule has 0 radical (unpaired) electrons. The van der Waals surface area contributed by atoms with Crippen LogP contribution in [0.4, 0.5) is 4.39 Å². The SMILES string of the molecule is O=C(c1ccc2cc[nH]c2c1)N1CC(F)C1. The number of nitrogens with zero attached hydrogens (tertiary/aromatic N) is 1. The van der Waals surface area contributed by atoms with Crippen molar-refractivity contribution in [1.82, 2.24) is 9.88 Å². The maximum Gasteiger partial charge on any atom is 0.254 e. The van der Waals surface area contributed by atoms with Gasteiger partial charge in [0.25, 0.3) is 5.91 Å². The van der Waals surface area contributed by atoms with Crippen LogP contribution in [0.15, 0.2) is 30.5 Å². The fraction of sp³-hybridized carbons (Fsp3) is 0.250. The molecule has 2 heterocycles. The monoisotopic (exact) mass is 218 g/mol. The molecule has 1 aliphatic rings. The number of halogens is 1. The molecule has 0 saturated carbocycles. The van der Waals surface area contributed by atoms with E-state index in [1.54, 1.807) is 6.07 Å². The van der Waals surface area contributed by atoms with E-state index in [1.165, 1.54) is 4.90 Å². The highest BCUT2D eigenvalue weighted by Gasteiger charge is 2.30. The molecule has 1 fully saturated rings. The zero-order chi connectivity index (χ0) is 11.1. The molecule has 2 aromatic rings. The molecule has 1 N–H and O–H groups in total. The molecule has 0 atom stereocenters. The van der Waals surface area contributed by atoms with Gasteiger partial charge in [0.1, 0.15) is 6.17 Å². The standard InChI is InChI=1S/C12H11FN2O/c13-10-6-15(7-10)12(16)9-2-1-8-3-4-14-11(8)5-9/h1-5,10,14H,6-7H2. The molecule has 3 rings (SSSR count). The van der Waals surface area contributed by atoms with Gasteiger partial charge in [0.2, 0.25) is 0 Å². The number of rotatable bonds is 1. The Labute approximate surface area is 91.9 Å². The minimum atomic E-state index is -0.849. The van der Waals surface area contributed by atoms with Crippen molar-refractivity contribution in [3.05, 3.63) is 36.0 Å². The molecule has 1 amide bonds. The Balaban J connectivity index is 1.90. The fourth-order valence-electron chi connectivity index (χ4n) is 1.95. The van der Waals surface area contributed by atoms with Crippen LogP contribution < -0.4 is 0 Å². The van der Waals surface area contributed by atoms with Gasteiger partial charge in [-0.05, 0) is 23.6 Å². The number of amides is 1. The summed E-state index contributed by atoms with van der Waals surface area (Å²) in [5, 5.41) is 1.07. The van der Waals surface area contributed by atoms with Gasteiger partial charge < -0.3 is 9.88 Å². The van der Waals surface area contributed by atoms with E-state index in [4.69, 9.17) is 0 Å². The molecule has 0 bridgehead atoms. The second-order valence-electron chi connectivity index (χ2n) is 4.09. The Morgan fingerprint density at radius 1 is 1.38 bits per heavy atom. The number of fused-ring (bicyclic) bond motifs is 1. The average molecular weight is 218 g/mol. The van der Waals surface area contributed by atoms with Crippen LogP contribution in [-0.4, -0.2) is 35.1 Å². The highest BCUT2D eigenvalue weighted by atomic mass is 19.1. The van der Waals surface area contributed by atoms with E-state index < -0.39 is 6.17 Å². The third kappa shape index (κ3) is 1.38. The van der Waals surface area contributed by atoms with Crippen molar-refractivity contribution in [1.29, 1.82) is 0 Å². The molecule has 4 heteroatoms. The number of benzene rings is 1. The number of hydrogen-bond acceptors (Lipinski definition) is 1. The van der Waals surface area contributed by atoms with E-state index in [0.29, 0.717) is 5.56 Å². The van der Waals surface area contributed by atoms with Crippen molar-refractivity contribution >= 4 is 16.8 Å². The number of alkyl halides is 1. The third-order valence-corrected chi connectivity index (χ3v) is 2.93. The molecule has 82 valence electrons. The molecule has 16 heavy (non-hydrogen) atoms. The quantitative estimate of drug-likeness (QED) is 0.780. The Kier molecular flexibility index (Phi) is 1.96. The molecule has 0 aliphatic carbocycles. The van der Waals surface area contributed by atoms with Gasteiger partial charge in [-0.3, -0.25) is 4.79 Å². The second kappa shape index (κ2) is 3.33. The zero-order valence-corrected chi connectivity index (χ0v) is 8.61. The molecule has 0 spiro atoms. The molecular weight excluding hydrogens is 207 g/mol. The van der Waals surface area contributed by atoms with E-state index >= 15 is 0 Å². The van der Waals surface area contributed by atoms with Crippen molar-refractivity contribution in [2.75, 3.05) is 13.1 Å². The third-order valence-electron chi connectivity index (χ3n) is 2.93. The number of carbonyl (C=O) groups excluding carboxylic acids is 1. The van der Waals surface area contributed by atoms with Gasteiger partial charge in [0.15, 0.2) is 0 Å². The number of aromatic amines is 1. The van der Waals surface area contributed by atoms with Crippen molar-refractivity contribution < 1.29 is 9.18 Å². The van der Waals surface area contributed by atoms with E-state index in [-0.39, 0.29) is 19.0 Å². The molecular formula is C12H11FN2O. The van der Waals surface area contributed by atoms with Gasteiger partial charge >= 0.3 is 0 Å². The van der Waals surface area contributed by atoms with E-state index in [9.17, 15) is 9.18 Å². The summed E-state index contributed by atoms with van der Waals surface area (Å²) in [4.78, 5) is 16.5. The predicted molar refractivity (Wildman–Crippen MR) is 59.1 cm³/mol. The number of aromatic nitrogens is 1. The summed E-state index contributed by atoms with van der Waals surface area (Å²) >= 11 is 0. The van der Waals surface area contributed by atoms with Crippen LogP contribution in [0, 0.1) is 0 Å². The lowest BCUT2D eigenvalue weighted by Crippen LogP contribution is -2.51. The zero-order valence-electron chi connectivity index (χ0n) is 8.61. The van der Waals surface area contributed by atoms with Crippen LogP contribution in [0.25, 0.3) is 10.9 Å². The van der Waals surface area contributed by atoms with Gasteiger partial charge in [-0.2, -0.15) is 0 Å². The molecule has 1 aromatic heterocycles. The van der Waals surface area contributed by atoms with Crippen LogP contribution >= 0.6 is 0 Å². The number of hydrogen-bond donors (Lipinski definition) is 1. The smallest absolute Gasteiger partial charge is 0.254 e. The Hall–Kier alpha value is -1.84. The normalized spacial score (nSPS) is 16.4. The van der Waals surface area contributed by atoms with Gasteiger partial charge in [-0.1, -0.05) is 6.07 Å². The largest absolute Gasteiger partial charge is 0.361 e. The summed E-state index contributed by atoms with van der Waals surface area (Å²) in [6.07, 6.45) is 0.985. The highest BCUT2D eigenvalue weighted by molar-refractivity contribution is 5.98. The van der Waals surface area contributed by atoms with Gasteiger partial charge in [0, 0.05) is 17.3 Å². The van der Waals surface area contributed by atoms with Gasteiger partial charge in [0.05, 0.1) is 13.1 Å². The summed E-state index contributed by atoms with van der Waals surface area (Å²) in [7, 11) is 0. The van der Waals surface area contributed by atoms with E-state index in [1.807, 2.05) is 24.4 Å². The first-order chi connectivity index (χ1) is 7.74. The second-order valence-corrected chi connectivity index (χ2v) is 4.09. The van der Waals surface area contributed by atoms with Gasteiger partial charge in [-0.25, -0.2) is 4.39 Å². The summed E-state index contributed by atoms with van der Waals surface area (Å²) in [5.74, 6) is -0.0922. The first-order valence-electron chi connectivity index (χ1n) is 5.24. The average Bonchev–Trinajstić information content (AvgIpc) is 2.70. The Bertz CT molecular complexity index is 543. The lowest BCUT2D eigenvalue weighted by atomic mass is 10.1. The first-order valence-corrected chi connectivity index (χ1v) is 5.24.